The topological polar surface area (TPSA) is 86.8 Å². The van der Waals surface area contributed by atoms with E-state index in [4.69, 9.17) is 14.7 Å². The minimum absolute atomic E-state index is 0.168. The molecule has 1 fully saturated rings. The molecule has 1 unspecified atom stereocenters. The summed E-state index contributed by atoms with van der Waals surface area (Å²) in [5.74, 6) is 3.49. The minimum atomic E-state index is 0.168. The molecule has 3 aromatic rings. The fourth-order valence-corrected chi connectivity index (χ4v) is 5.18. The third-order valence-electron chi connectivity index (χ3n) is 6.66. The summed E-state index contributed by atoms with van der Waals surface area (Å²) in [6.07, 6.45) is 16.2. The number of anilines is 1. The van der Waals surface area contributed by atoms with E-state index in [-0.39, 0.29) is 6.04 Å². The molecule has 1 atom stereocenters. The molecule has 5 heterocycles. The summed E-state index contributed by atoms with van der Waals surface area (Å²) in [7, 11) is 0. The van der Waals surface area contributed by atoms with Gasteiger partial charge in [-0.15, -0.1) is 10.2 Å². The van der Waals surface area contributed by atoms with Gasteiger partial charge in [0.1, 0.15) is 17.8 Å². The Labute approximate surface area is 180 Å². The van der Waals surface area contributed by atoms with Gasteiger partial charge < -0.3 is 9.64 Å². The number of hydrogen-bond acceptors (Lipinski definition) is 7. The second kappa shape index (κ2) is 7.56. The Kier molecular flexibility index (Phi) is 4.56. The molecule has 9 heteroatoms. The van der Waals surface area contributed by atoms with Crippen molar-refractivity contribution in [3.63, 3.8) is 0 Å². The van der Waals surface area contributed by atoms with Crippen LogP contribution in [0.25, 0.3) is 17.2 Å². The van der Waals surface area contributed by atoms with Gasteiger partial charge in [-0.1, -0.05) is 25.8 Å². The van der Waals surface area contributed by atoms with Crippen LogP contribution in [-0.2, 0) is 4.74 Å². The normalized spacial score (nSPS) is 21.1. The van der Waals surface area contributed by atoms with E-state index in [9.17, 15) is 0 Å². The lowest BCUT2D eigenvalue weighted by Gasteiger charge is -2.40. The Bertz CT molecular complexity index is 1130. The summed E-state index contributed by atoms with van der Waals surface area (Å²) in [6, 6.07) is 0.638. The van der Waals surface area contributed by atoms with Crippen LogP contribution >= 0.6 is 0 Å². The molecule has 6 rings (SSSR count). The van der Waals surface area contributed by atoms with Crippen molar-refractivity contribution in [1.82, 2.24) is 34.3 Å². The molecular weight excluding hydrogens is 392 g/mol. The molecule has 3 aliphatic rings. The van der Waals surface area contributed by atoms with Crippen LogP contribution in [0.3, 0.4) is 0 Å². The molecule has 9 nitrogen and oxygen atoms in total. The number of nitrogens with zero attached hydrogens (tertiary/aromatic N) is 8. The van der Waals surface area contributed by atoms with Gasteiger partial charge in [0.25, 0.3) is 0 Å². The van der Waals surface area contributed by atoms with Gasteiger partial charge in [-0.3, -0.25) is 9.13 Å². The first kappa shape index (κ1) is 18.7. The van der Waals surface area contributed by atoms with Crippen LogP contribution in [0.1, 0.15) is 63.1 Å². The molecular formula is C22H26N8O. The quantitative estimate of drug-likeness (QED) is 0.643. The van der Waals surface area contributed by atoms with Crippen LogP contribution < -0.4 is 4.90 Å². The largest absolute Gasteiger partial charge is 0.377 e. The first-order valence-electron chi connectivity index (χ1n) is 11.2. The molecule has 0 saturated heterocycles. The van der Waals surface area contributed by atoms with Crippen molar-refractivity contribution in [1.29, 1.82) is 0 Å². The summed E-state index contributed by atoms with van der Waals surface area (Å²) in [6.45, 7) is 3.55. The fourth-order valence-electron chi connectivity index (χ4n) is 5.18. The van der Waals surface area contributed by atoms with Gasteiger partial charge in [0.15, 0.2) is 11.6 Å². The smallest absolute Gasteiger partial charge is 0.237 e. The van der Waals surface area contributed by atoms with Crippen molar-refractivity contribution < 1.29 is 4.74 Å². The standard InChI is InChI=1S/C22H26N8O/c1-2-17-21-27-25-14-29(21)18-13-24-22(26-20(18)30(17)16-5-3-4-6-16)28-10-9-23-19(28)15-7-11-31-12-8-15/h7,9-10,13-14,16-17H,2-6,8,11-12H2,1H3. The van der Waals surface area contributed by atoms with Crippen molar-refractivity contribution in [3.05, 3.63) is 42.6 Å². The molecule has 2 aliphatic heterocycles. The van der Waals surface area contributed by atoms with Gasteiger partial charge in [-0.2, -0.15) is 4.98 Å². The lowest BCUT2D eigenvalue weighted by atomic mass is 10.0. The van der Waals surface area contributed by atoms with Crippen LogP contribution in [0.5, 0.6) is 0 Å². The Hall–Kier alpha value is -3.07. The van der Waals surface area contributed by atoms with E-state index in [0.29, 0.717) is 25.2 Å². The highest BCUT2D eigenvalue weighted by Gasteiger charge is 2.38. The Morgan fingerprint density at radius 2 is 2.06 bits per heavy atom. The second-order valence-corrected chi connectivity index (χ2v) is 8.38. The first-order valence-corrected chi connectivity index (χ1v) is 11.2. The third-order valence-corrected chi connectivity index (χ3v) is 6.66. The average Bonchev–Trinajstić information content (AvgIpc) is 3.59. The summed E-state index contributed by atoms with van der Waals surface area (Å²) in [5.41, 5.74) is 2.13. The molecule has 31 heavy (non-hydrogen) atoms. The number of ether oxygens (including phenoxy) is 1. The fraction of sp³-hybridized carbons (Fsp3) is 0.500. The number of fused-ring (bicyclic) bond motifs is 3. The molecule has 1 aliphatic carbocycles. The molecule has 160 valence electrons. The number of rotatable bonds is 4. The molecule has 1 saturated carbocycles. The van der Waals surface area contributed by atoms with Gasteiger partial charge in [0.05, 0.1) is 25.5 Å². The van der Waals surface area contributed by atoms with E-state index in [1.807, 2.05) is 23.2 Å². The van der Waals surface area contributed by atoms with Crippen LogP contribution in [0.15, 0.2) is 31.0 Å². The van der Waals surface area contributed by atoms with E-state index in [1.165, 1.54) is 31.3 Å². The monoisotopic (exact) mass is 418 g/mol. The molecule has 0 spiro atoms. The zero-order chi connectivity index (χ0) is 20.8. The van der Waals surface area contributed by atoms with E-state index in [0.717, 1.165) is 36.0 Å². The SMILES string of the molecule is CCC1c2nncn2-c2cnc(-n3ccnc3C3=CCOCC3)nc2N1C1CCCC1. The maximum atomic E-state index is 5.47. The van der Waals surface area contributed by atoms with Crippen molar-refractivity contribution in [2.75, 3.05) is 18.1 Å². The third kappa shape index (κ3) is 2.98. The van der Waals surface area contributed by atoms with E-state index < -0.39 is 0 Å². The number of imidazole rings is 1. The minimum Gasteiger partial charge on any atom is -0.377 e. The number of hydrogen-bond donors (Lipinski definition) is 0. The second-order valence-electron chi connectivity index (χ2n) is 8.38. The molecule has 0 bridgehead atoms. The highest BCUT2D eigenvalue weighted by molar-refractivity contribution is 5.65. The summed E-state index contributed by atoms with van der Waals surface area (Å²) < 4.78 is 9.52. The van der Waals surface area contributed by atoms with Gasteiger partial charge in [-0.25, -0.2) is 9.97 Å². The molecule has 3 aromatic heterocycles. The molecule has 0 N–H and O–H groups in total. The van der Waals surface area contributed by atoms with Crippen LogP contribution in [0, 0.1) is 0 Å². The Morgan fingerprint density at radius 1 is 1.16 bits per heavy atom. The summed E-state index contributed by atoms with van der Waals surface area (Å²) in [4.78, 5) is 16.9. The highest BCUT2D eigenvalue weighted by atomic mass is 16.5. The van der Waals surface area contributed by atoms with E-state index >= 15 is 0 Å². The summed E-state index contributed by atoms with van der Waals surface area (Å²) >= 11 is 0. The lowest BCUT2D eigenvalue weighted by Crippen LogP contribution is -2.42. The highest BCUT2D eigenvalue weighted by Crippen LogP contribution is 2.42. The Balaban J connectivity index is 1.49. The van der Waals surface area contributed by atoms with Gasteiger partial charge in [0.2, 0.25) is 5.95 Å². The van der Waals surface area contributed by atoms with Gasteiger partial charge >= 0.3 is 0 Å². The zero-order valence-electron chi connectivity index (χ0n) is 17.7. The first-order chi connectivity index (χ1) is 15.3. The maximum absolute atomic E-state index is 5.47. The molecule has 0 radical (unpaired) electrons. The van der Waals surface area contributed by atoms with Crippen LogP contribution in [-0.4, -0.2) is 53.5 Å². The predicted octanol–water partition coefficient (Wildman–Crippen LogP) is 3.26. The van der Waals surface area contributed by atoms with Gasteiger partial charge in [0, 0.05) is 18.4 Å². The number of aromatic nitrogens is 7. The molecule has 0 aromatic carbocycles. The lowest BCUT2D eigenvalue weighted by molar-refractivity contribution is 0.161. The van der Waals surface area contributed by atoms with E-state index in [1.54, 1.807) is 6.33 Å². The van der Waals surface area contributed by atoms with Crippen molar-refractivity contribution in [2.24, 2.45) is 0 Å². The molecule has 0 amide bonds. The van der Waals surface area contributed by atoms with E-state index in [2.05, 4.69) is 37.6 Å². The maximum Gasteiger partial charge on any atom is 0.237 e. The van der Waals surface area contributed by atoms with Crippen molar-refractivity contribution in [2.45, 2.75) is 57.5 Å². The summed E-state index contributed by atoms with van der Waals surface area (Å²) in [5, 5.41) is 8.66. The van der Waals surface area contributed by atoms with Gasteiger partial charge in [-0.05, 0) is 31.3 Å². The zero-order valence-corrected chi connectivity index (χ0v) is 17.7. The van der Waals surface area contributed by atoms with Crippen molar-refractivity contribution in [3.8, 4) is 11.6 Å². The van der Waals surface area contributed by atoms with Crippen LogP contribution in [0.4, 0.5) is 5.82 Å². The van der Waals surface area contributed by atoms with Crippen molar-refractivity contribution >= 4 is 11.4 Å². The Morgan fingerprint density at radius 3 is 2.87 bits per heavy atom. The average molecular weight is 419 g/mol. The van der Waals surface area contributed by atoms with Crippen LogP contribution in [0.2, 0.25) is 0 Å². The predicted molar refractivity (Wildman–Crippen MR) is 115 cm³/mol.